The molecule has 0 unspecified atom stereocenters. The lowest BCUT2D eigenvalue weighted by molar-refractivity contribution is -0.121. The smallest absolute Gasteiger partial charge is 0.240 e. The molecule has 3 aromatic rings. The van der Waals surface area contributed by atoms with Gasteiger partial charge in [0.05, 0.1) is 12.8 Å². The molecule has 0 saturated heterocycles. The van der Waals surface area contributed by atoms with E-state index < -0.39 is 0 Å². The van der Waals surface area contributed by atoms with E-state index in [0.29, 0.717) is 30.3 Å². The third-order valence-electron chi connectivity index (χ3n) is 6.40. The third kappa shape index (κ3) is 8.57. The average molecular weight is 549 g/mol. The number of rotatable bonds is 10. The van der Waals surface area contributed by atoms with Gasteiger partial charge in [0.25, 0.3) is 0 Å². The van der Waals surface area contributed by atoms with Crippen molar-refractivity contribution in [3.05, 3.63) is 88.2 Å². The topological polar surface area (TPSA) is 80.2 Å². The Morgan fingerprint density at radius 3 is 2.10 bits per heavy atom. The molecule has 7 heteroatoms. The first-order chi connectivity index (χ1) is 18.8. The molecule has 0 aliphatic carbocycles. The van der Waals surface area contributed by atoms with Gasteiger partial charge in [-0.25, -0.2) is 9.82 Å². The lowest BCUT2D eigenvalue weighted by Crippen LogP contribution is -2.20. The molecule has 0 aliphatic rings. The largest absolute Gasteiger partial charge is 0.507 e. The van der Waals surface area contributed by atoms with E-state index >= 15 is 0 Å². The number of hydrogen-bond acceptors (Lipinski definition) is 5. The van der Waals surface area contributed by atoms with Gasteiger partial charge in [-0.2, -0.15) is 5.10 Å². The number of nitrogens with one attached hydrogen (secondary N) is 1. The second-order valence-electron chi connectivity index (χ2n) is 11.9. The lowest BCUT2D eigenvalue weighted by atomic mass is 9.78. The Bertz CT molecular complexity index is 1300. The van der Waals surface area contributed by atoms with Gasteiger partial charge >= 0.3 is 0 Å². The van der Waals surface area contributed by atoms with Crippen molar-refractivity contribution in [1.82, 2.24) is 5.43 Å². The molecule has 0 radical (unpaired) electrons. The maximum atomic E-state index is 13.1. The van der Waals surface area contributed by atoms with Crippen LogP contribution in [0.4, 0.5) is 4.39 Å². The van der Waals surface area contributed by atoms with Crippen LogP contribution in [0.2, 0.25) is 0 Å². The molecule has 3 aromatic carbocycles. The second-order valence-corrected chi connectivity index (χ2v) is 11.9. The maximum absolute atomic E-state index is 13.1. The van der Waals surface area contributed by atoms with Gasteiger partial charge in [0.1, 0.15) is 18.2 Å². The minimum absolute atomic E-state index is 0.205. The Kier molecular flexibility index (Phi) is 9.96. The highest BCUT2D eigenvalue weighted by atomic mass is 19.1. The molecule has 0 heterocycles. The zero-order valence-electron chi connectivity index (χ0n) is 24.6. The highest BCUT2D eigenvalue weighted by Gasteiger charge is 2.26. The fourth-order valence-corrected chi connectivity index (χ4v) is 4.21. The first-order valence-electron chi connectivity index (χ1n) is 13.6. The zero-order valence-corrected chi connectivity index (χ0v) is 24.6. The van der Waals surface area contributed by atoms with Crippen LogP contribution in [0.25, 0.3) is 0 Å². The van der Waals surface area contributed by atoms with E-state index in [4.69, 9.17) is 9.47 Å². The second kappa shape index (κ2) is 13.0. The summed E-state index contributed by atoms with van der Waals surface area (Å²) in [5.41, 5.74) is 6.48. The number of carbonyl (C=O) groups is 1. The van der Waals surface area contributed by atoms with Gasteiger partial charge in [-0.05, 0) is 82.3 Å². The van der Waals surface area contributed by atoms with E-state index in [2.05, 4.69) is 52.1 Å². The number of aromatic hydroxyl groups is 1. The zero-order chi connectivity index (χ0) is 29.5. The van der Waals surface area contributed by atoms with Crippen LogP contribution in [-0.4, -0.2) is 23.8 Å². The van der Waals surface area contributed by atoms with E-state index in [0.717, 1.165) is 27.8 Å². The van der Waals surface area contributed by atoms with Crippen LogP contribution in [0.5, 0.6) is 17.2 Å². The third-order valence-corrected chi connectivity index (χ3v) is 6.40. The summed E-state index contributed by atoms with van der Waals surface area (Å²) in [5, 5.41) is 15.0. The van der Waals surface area contributed by atoms with Crippen LogP contribution >= 0.6 is 0 Å². The van der Waals surface area contributed by atoms with Crippen LogP contribution in [-0.2, 0) is 28.7 Å². The summed E-state index contributed by atoms with van der Waals surface area (Å²) in [6.45, 7) is 15.0. The molecule has 0 fully saturated rings. The first kappa shape index (κ1) is 30.7. The van der Waals surface area contributed by atoms with E-state index in [1.165, 1.54) is 12.1 Å². The number of carbonyl (C=O) groups excluding carboxylic acids is 1. The van der Waals surface area contributed by atoms with Crippen molar-refractivity contribution in [2.24, 2.45) is 5.10 Å². The number of aryl methyl sites for hydroxylation is 1. The van der Waals surface area contributed by atoms with Gasteiger partial charge in [0.2, 0.25) is 5.91 Å². The summed E-state index contributed by atoms with van der Waals surface area (Å²) >= 11 is 0. The van der Waals surface area contributed by atoms with Crippen molar-refractivity contribution in [3.8, 4) is 17.2 Å². The summed E-state index contributed by atoms with van der Waals surface area (Å²) < 4.78 is 24.7. The van der Waals surface area contributed by atoms with E-state index in [9.17, 15) is 14.3 Å². The average Bonchev–Trinajstić information content (AvgIpc) is 2.87. The normalized spacial score (nSPS) is 12.0. The molecule has 0 saturated carbocycles. The molecule has 0 aromatic heterocycles. The van der Waals surface area contributed by atoms with Crippen LogP contribution in [0.1, 0.15) is 82.7 Å². The van der Waals surface area contributed by atoms with Gasteiger partial charge in [-0.1, -0.05) is 65.8 Å². The Hall–Kier alpha value is -3.87. The number of ether oxygens (including phenoxy) is 2. The van der Waals surface area contributed by atoms with Crippen molar-refractivity contribution in [1.29, 1.82) is 0 Å². The van der Waals surface area contributed by atoms with Gasteiger partial charge in [-0.15, -0.1) is 0 Å². The number of benzene rings is 3. The van der Waals surface area contributed by atoms with Crippen molar-refractivity contribution >= 4 is 12.1 Å². The van der Waals surface area contributed by atoms with Crippen LogP contribution in [0, 0.1) is 5.82 Å². The summed E-state index contributed by atoms with van der Waals surface area (Å²) in [6.07, 6.45) is 2.35. The quantitative estimate of drug-likeness (QED) is 0.208. The van der Waals surface area contributed by atoms with Crippen LogP contribution < -0.4 is 14.9 Å². The lowest BCUT2D eigenvalue weighted by Gasteiger charge is -2.28. The highest BCUT2D eigenvalue weighted by Crippen LogP contribution is 2.40. The van der Waals surface area contributed by atoms with Crippen molar-refractivity contribution < 1.29 is 23.8 Å². The number of amides is 1. The molecule has 0 aliphatic heterocycles. The molecule has 40 heavy (non-hydrogen) atoms. The Morgan fingerprint density at radius 2 is 1.52 bits per heavy atom. The standard InChI is InChI=1S/C33H41FN2O4/c1-8-39-29-19-24(11-15-28(29)40-21-22-9-13-25(34)14-10-22)20-35-36-30(37)16-12-23-17-26(32(2,3)4)31(38)27(18-23)33(5,6)7/h9-11,13-15,17-20,38H,8,12,16,21H2,1-7H3,(H,36,37)/b35-20-. The summed E-state index contributed by atoms with van der Waals surface area (Å²) in [4.78, 5) is 12.6. The number of phenolic OH excluding ortho intramolecular Hbond substituents is 1. The minimum atomic E-state index is -0.292. The molecule has 0 bridgehead atoms. The van der Waals surface area contributed by atoms with Crippen molar-refractivity contribution in [2.75, 3.05) is 6.61 Å². The fourth-order valence-electron chi connectivity index (χ4n) is 4.21. The summed E-state index contributed by atoms with van der Waals surface area (Å²) in [5.74, 6) is 0.945. The predicted octanol–water partition coefficient (Wildman–Crippen LogP) is 7.19. The molecular weight excluding hydrogens is 507 g/mol. The molecule has 6 nitrogen and oxygen atoms in total. The van der Waals surface area contributed by atoms with Crippen molar-refractivity contribution in [2.45, 2.75) is 78.7 Å². The maximum Gasteiger partial charge on any atom is 0.240 e. The monoisotopic (exact) mass is 548 g/mol. The molecule has 214 valence electrons. The SMILES string of the molecule is CCOc1cc(/C=N\NC(=O)CCc2cc(C(C)(C)C)c(O)c(C(C)(C)C)c2)ccc1OCc1ccc(F)cc1. The van der Waals surface area contributed by atoms with Gasteiger partial charge in [0, 0.05) is 6.42 Å². The number of halogens is 1. The molecular formula is C33H41FN2O4. The Morgan fingerprint density at radius 1 is 0.900 bits per heavy atom. The Balaban J connectivity index is 1.63. The van der Waals surface area contributed by atoms with E-state index in [-0.39, 0.29) is 35.6 Å². The van der Waals surface area contributed by atoms with Crippen LogP contribution in [0.3, 0.4) is 0 Å². The summed E-state index contributed by atoms with van der Waals surface area (Å²) in [7, 11) is 0. The summed E-state index contributed by atoms with van der Waals surface area (Å²) in [6, 6.07) is 15.5. The predicted molar refractivity (Wildman–Crippen MR) is 158 cm³/mol. The number of nitrogens with zero attached hydrogens (tertiary/aromatic N) is 1. The van der Waals surface area contributed by atoms with Gasteiger partial charge in [-0.3, -0.25) is 4.79 Å². The van der Waals surface area contributed by atoms with Crippen molar-refractivity contribution in [3.63, 3.8) is 0 Å². The Labute approximate surface area is 237 Å². The number of hydrogen-bond donors (Lipinski definition) is 2. The molecule has 2 N–H and O–H groups in total. The fraction of sp³-hybridized carbons (Fsp3) is 0.394. The molecule has 1 amide bonds. The van der Waals surface area contributed by atoms with Gasteiger partial charge in [0.15, 0.2) is 11.5 Å². The highest BCUT2D eigenvalue weighted by molar-refractivity contribution is 5.83. The molecule has 3 rings (SSSR count). The van der Waals surface area contributed by atoms with E-state index in [1.807, 2.05) is 25.1 Å². The van der Waals surface area contributed by atoms with Crippen LogP contribution in [0.15, 0.2) is 59.7 Å². The van der Waals surface area contributed by atoms with E-state index in [1.54, 1.807) is 30.5 Å². The molecule has 0 spiro atoms. The first-order valence-corrected chi connectivity index (χ1v) is 13.6. The minimum Gasteiger partial charge on any atom is -0.507 e. The number of hydrazone groups is 1. The molecule has 0 atom stereocenters. The number of phenols is 1. The van der Waals surface area contributed by atoms with Gasteiger partial charge < -0.3 is 14.6 Å².